The molecule has 5 nitrogen and oxygen atoms in total. The zero-order valence-electron chi connectivity index (χ0n) is 14.3. The number of morpholine rings is 1. The molecular weight excluding hydrogens is 290 g/mol. The molecule has 1 aliphatic rings. The maximum Gasteiger partial charge on any atom is 0.233 e. The van der Waals surface area contributed by atoms with Crippen LogP contribution in [0, 0.1) is 0 Å². The van der Waals surface area contributed by atoms with E-state index in [1.165, 1.54) is 5.56 Å². The highest BCUT2D eigenvalue weighted by Crippen LogP contribution is 2.17. The molecule has 2 rings (SSSR count). The highest BCUT2D eigenvalue weighted by Gasteiger charge is 2.17. The second-order valence-corrected chi connectivity index (χ2v) is 6.21. The summed E-state index contributed by atoms with van der Waals surface area (Å²) in [5, 5.41) is 6.22. The fraction of sp³-hybridized carbons (Fsp3) is 0.611. The molecule has 5 heteroatoms. The van der Waals surface area contributed by atoms with Gasteiger partial charge in [-0.2, -0.15) is 0 Å². The molecule has 0 saturated carbocycles. The highest BCUT2D eigenvalue weighted by molar-refractivity contribution is 5.78. The topological polar surface area (TPSA) is 53.6 Å². The smallest absolute Gasteiger partial charge is 0.233 e. The Morgan fingerprint density at radius 3 is 2.87 bits per heavy atom. The molecular formula is C18H29N3O2. The molecule has 23 heavy (non-hydrogen) atoms. The van der Waals surface area contributed by atoms with Crippen LogP contribution in [-0.4, -0.2) is 63.3 Å². The van der Waals surface area contributed by atoms with Crippen molar-refractivity contribution in [2.24, 2.45) is 0 Å². The van der Waals surface area contributed by atoms with E-state index in [9.17, 15) is 4.79 Å². The lowest BCUT2D eigenvalue weighted by Gasteiger charge is -2.30. The van der Waals surface area contributed by atoms with Crippen molar-refractivity contribution in [3.8, 4) is 0 Å². The van der Waals surface area contributed by atoms with E-state index in [0.29, 0.717) is 25.6 Å². The van der Waals surface area contributed by atoms with E-state index >= 15 is 0 Å². The standard InChI is InChI=1S/C18H29N3O2/c1-3-15(16-7-5-4-6-8-16)11-20-18(22)13-19-12-17-14-21(2)9-10-23-17/h4-8,15,17,19H,3,9-14H2,1-2H3,(H,20,22)/t15-,17+/m0/s1. The van der Waals surface area contributed by atoms with Crippen molar-refractivity contribution < 1.29 is 9.53 Å². The van der Waals surface area contributed by atoms with Gasteiger partial charge in [-0.3, -0.25) is 4.79 Å². The summed E-state index contributed by atoms with van der Waals surface area (Å²) in [7, 11) is 2.09. The number of hydrogen-bond donors (Lipinski definition) is 2. The first-order valence-electron chi connectivity index (χ1n) is 8.51. The molecule has 1 saturated heterocycles. The minimum atomic E-state index is 0.0449. The van der Waals surface area contributed by atoms with Crippen LogP contribution in [0.4, 0.5) is 0 Å². The molecule has 0 aromatic heterocycles. The molecule has 1 aromatic carbocycles. The fourth-order valence-electron chi connectivity index (χ4n) is 2.86. The van der Waals surface area contributed by atoms with Gasteiger partial charge >= 0.3 is 0 Å². The number of likely N-dealkylation sites (N-methyl/N-ethyl adjacent to an activating group) is 1. The summed E-state index contributed by atoms with van der Waals surface area (Å²) in [6.45, 7) is 6.56. The summed E-state index contributed by atoms with van der Waals surface area (Å²) in [6.07, 6.45) is 1.19. The van der Waals surface area contributed by atoms with E-state index in [0.717, 1.165) is 26.1 Å². The van der Waals surface area contributed by atoms with Crippen molar-refractivity contribution in [1.29, 1.82) is 0 Å². The molecule has 1 heterocycles. The second kappa shape index (κ2) is 9.65. The Labute approximate surface area is 139 Å². The lowest BCUT2D eigenvalue weighted by molar-refractivity contribution is -0.120. The van der Waals surface area contributed by atoms with Gasteiger partial charge in [-0.05, 0) is 19.0 Å². The molecule has 1 amide bonds. The van der Waals surface area contributed by atoms with E-state index in [1.54, 1.807) is 0 Å². The number of amides is 1. The molecule has 2 N–H and O–H groups in total. The molecule has 2 atom stereocenters. The van der Waals surface area contributed by atoms with Crippen molar-refractivity contribution in [2.45, 2.75) is 25.4 Å². The Morgan fingerprint density at radius 1 is 1.39 bits per heavy atom. The van der Waals surface area contributed by atoms with Crippen LogP contribution in [0.15, 0.2) is 30.3 Å². The number of rotatable bonds is 8. The van der Waals surface area contributed by atoms with Crippen molar-refractivity contribution in [1.82, 2.24) is 15.5 Å². The number of carbonyl (C=O) groups excluding carboxylic acids is 1. The molecule has 0 aliphatic carbocycles. The second-order valence-electron chi connectivity index (χ2n) is 6.21. The predicted molar refractivity (Wildman–Crippen MR) is 92.6 cm³/mol. The van der Waals surface area contributed by atoms with E-state index in [-0.39, 0.29) is 12.0 Å². The molecule has 1 aromatic rings. The third kappa shape index (κ3) is 6.29. The minimum absolute atomic E-state index is 0.0449. The third-order valence-electron chi connectivity index (χ3n) is 4.31. The Hall–Kier alpha value is -1.43. The SMILES string of the molecule is CC[C@@H](CNC(=O)CNC[C@@H]1CN(C)CCO1)c1ccccc1. The predicted octanol–water partition coefficient (Wildman–Crippen LogP) is 1.22. The van der Waals surface area contributed by atoms with Gasteiger partial charge in [0.2, 0.25) is 5.91 Å². The summed E-state index contributed by atoms with van der Waals surface area (Å²) in [5.74, 6) is 0.416. The van der Waals surface area contributed by atoms with E-state index < -0.39 is 0 Å². The van der Waals surface area contributed by atoms with Crippen LogP contribution in [0.25, 0.3) is 0 Å². The van der Waals surface area contributed by atoms with Gasteiger partial charge in [0.1, 0.15) is 0 Å². The Kier molecular flexibility index (Phi) is 7.52. The largest absolute Gasteiger partial charge is 0.374 e. The molecule has 0 bridgehead atoms. The van der Waals surface area contributed by atoms with Crippen LogP contribution in [0.2, 0.25) is 0 Å². The number of ether oxygens (including phenoxy) is 1. The van der Waals surface area contributed by atoms with Crippen LogP contribution in [-0.2, 0) is 9.53 Å². The van der Waals surface area contributed by atoms with Gasteiger partial charge in [0.15, 0.2) is 0 Å². The maximum absolute atomic E-state index is 12.0. The van der Waals surface area contributed by atoms with E-state index in [4.69, 9.17) is 4.74 Å². The van der Waals surface area contributed by atoms with Gasteiger partial charge in [-0.15, -0.1) is 0 Å². The lowest BCUT2D eigenvalue weighted by Crippen LogP contribution is -2.46. The first-order chi connectivity index (χ1) is 11.2. The van der Waals surface area contributed by atoms with Gasteiger partial charge in [-0.1, -0.05) is 37.3 Å². The number of benzene rings is 1. The van der Waals surface area contributed by atoms with Gasteiger partial charge in [0.05, 0.1) is 19.3 Å². The van der Waals surface area contributed by atoms with Crippen LogP contribution in [0.3, 0.4) is 0 Å². The fourth-order valence-corrected chi connectivity index (χ4v) is 2.86. The van der Waals surface area contributed by atoms with Gasteiger partial charge in [0.25, 0.3) is 0 Å². The average molecular weight is 319 g/mol. The Balaban J connectivity index is 1.64. The summed E-state index contributed by atoms with van der Waals surface area (Å²) >= 11 is 0. The quantitative estimate of drug-likeness (QED) is 0.756. The molecule has 128 valence electrons. The lowest BCUT2D eigenvalue weighted by atomic mass is 9.96. The summed E-state index contributed by atoms with van der Waals surface area (Å²) in [4.78, 5) is 14.2. The van der Waals surface area contributed by atoms with Crippen molar-refractivity contribution in [3.63, 3.8) is 0 Å². The number of nitrogens with zero attached hydrogens (tertiary/aromatic N) is 1. The molecule has 0 radical (unpaired) electrons. The first kappa shape index (κ1) is 17.9. The number of carbonyl (C=O) groups is 1. The molecule has 0 spiro atoms. The van der Waals surface area contributed by atoms with Crippen molar-refractivity contribution in [2.75, 3.05) is 46.4 Å². The molecule has 1 fully saturated rings. The minimum Gasteiger partial charge on any atom is -0.374 e. The van der Waals surface area contributed by atoms with Gasteiger partial charge in [-0.25, -0.2) is 0 Å². The summed E-state index contributed by atoms with van der Waals surface area (Å²) in [5.41, 5.74) is 1.28. The maximum atomic E-state index is 12.0. The van der Waals surface area contributed by atoms with Gasteiger partial charge in [0, 0.05) is 32.1 Å². The highest BCUT2D eigenvalue weighted by atomic mass is 16.5. The number of hydrogen-bond acceptors (Lipinski definition) is 4. The van der Waals surface area contributed by atoms with Crippen molar-refractivity contribution >= 4 is 5.91 Å². The Morgan fingerprint density at radius 2 is 2.17 bits per heavy atom. The summed E-state index contributed by atoms with van der Waals surface area (Å²) < 4.78 is 5.67. The van der Waals surface area contributed by atoms with E-state index in [1.807, 2.05) is 18.2 Å². The average Bonchev–Trinajstić information content (AvgIpc) is 2.56. The van der Waals surface area contributed by atoms with Crippen LogP contribution in [0.1, 0.15) is 24.8 Å². The van der Waals surface area contributed by atoms with Gasteiger partial charge < -0.3 is 20.3 Å². The van der Waals surface area contributed by atoms with Crippen molar-refractivity contribution in [3.05, 3.63) is 35.9 Å². The monoisotopic (exact) mass is 319 g/mol. The van der Waals surface area contributed by atoms with Crippen LogP contribution in [0.5, 0.6) is 0 Å². The van der Waals surface area contributed by atoms with E-state index in [2.05, 4.69) is 41.6 Å². The zero-order valence-corrected chi connectivity index (χ0v) is 14.3. The third-order valence-corrected chi connectivity index (χ3v) is 4.31. The van der Waals surface area contributed by atoms with Crippen LogP contribution < -0.4 is 10.6 Å². The summed E-state index contributed by atoms with van der Waals surface area (Å²) in [6, 6.07) is 10.3. The number of nitrogens with one attached hydrogen (secondary N) is 2. The molecule has 0 unspecified atom stereocenters. The normalized spacial score (nSPS) is 20.2. The first-order valence-corrected chi connectivity index (χ1v) is 8.51. The Bertz CT molecular complexity index is 467. The zero-order chi connectivity index (χ0) is 16.5. The molecule has 1 aliphatic heterocycles. The van der Waals surface area contributed by atoms with Crippen LogP contribution >= 0.6 is 0 Å².